The number of allylic oxidation sites excluding steroid dienone is 2. The molecule has 0 saturated heterocycles. The van der Waals surface area contributed by atoms with E-state index in [2.05, 4.69) is 50.3 Å². The zero-order valence-corrected chi connectivity index (χ0v) is 12.8. The standard InChI is InChI=1S/C16H24Se/c1-3-5-8-12-15(11-6-4-2)17-16-13-9-7-10-14-16/h7,9-10,12-14H,3-6,8,11H2,1-2H3/b15-12-. The third-order valence-electron chi connectivity index (χ3n) is 2.70. The van der Waals surface area contributed by atoms with Gasteiger partial charge < -0.3 is 0 Å². The first-order valence-corrected chi connectivity index (χ1v) is 8.50. The number of rotatable bonds is 8. The summed E-state index contributed by atoms with van der Waals surface area (Å²) in [4.78, 5) is 0. The van der Waals surface area contributed by atoms with Crippen LogP contribution in [-0.2, 0) is 0 Å². The molecule has 0 bridgehead atoms. The van der Waals surface area contributed by atoms with Gasteiger partial charge >= 0.3 is 113 Å². The molecular weight excluding hydrogens is 271 g/mol. The Kier molecular flexibility index (Phi) is 8.13. The van der Waals surface area contributed by atoms with Crippen LogP contribution in [0.2, 0.25) is 0 Å². The molecule has 0 aliphatic rings. The molecule has 0 saturated carbocycles. The van der Waals surface area contributed by atoms with E-state index < -0.39 is 0 Å². The number of unbranched alkanes of at least 4 members (excludes halogenated alkanes) is 3. The second-order valence-corrected chi connectivity index (χ2v) is 6.85. The molecule has 0 spiro atoms. The third kappa shape index (κ3) is 6.71. The minimum absolute atomic E-state index is 0.546. The van der Waals surface area contributed by atoms with Crippen molar-refractivity contribution < 1.29 is 0 Å². The average molecular weight is 295 g/mol. The van der Waals surface area contributed by atoms with E-state index in [4.69, 9.17) is 0 Å². The van der Waals surface area contributed by atoms with Crippen LogP contribution in [0.15, 0.2) is 40.9 Å². The molecule has 0 aromatic heterocycles. The van der Waals surface area contributed by atoms with Crippen LogP contribution >= 0.6 is 0 Å². The quantitative estimate of drug-likeness (QED) is 0.496. The summed E-state index contributed by atoms with van der Waals surface area (Å²) < 4.78 is 3.21. The van der Waals surface area contributed by atoms with Gasteiger partial charge in [0.1, 0.15) is 0 Å². The van der Waals surface area contributed by atoms with Gasteiger partial charge in [0.05, 0.1) is 0 Å². The predicted octanol–water partition coefficient (Wildman–Crippen LogP) is 4.28. The summed E-state index contributed by atoms with van der Waals surface area (Å²) in [6.45, 7) is 4.54. The van der Waals surface area contributed by atoms with Gasteiger partial charge in [-0.15, -0.1) is 0 Å². The van der Waals surface area contributed by atoms with Crippen molar-refractivity contribution in [3.63, 3.8) is 0 Å². The molecule has 0 aliphatic carbocycles. The summed E-state index contributed by atoms with van der Waals surface area (Å²) >= 11 is 0.546. The Morgan fingerprint density at radius 3 is 2.41 bits per heavy atom. The topological polar surface area (TPSA) is 0 Å². The van der Waals surface area contributed by atoms with Crippen molar-refractivity contribution in [2.75, 3.05) is 0 Å². The first-order chi connectivity index (χ1) is 8.36. The van der Waals surface area contributed by atoms with E-state index in [-0.39, 0.29) is 0 Å². The van der Waals surface area contributed by atoms with Crippen molar-refractivity contribution in [2.45, 2.75) is 52.4 Å². The molecule has 1 aromatic rings. The van der Waals surface area contributed by atoms with Gasteiger partial charge in [-0.2, -0.15) is 0 Å². The second-order valence-electron chi connectivity index (χ2n) is 4.33. The van der Waals surface area contributed by atoms with Crippen LogP contribution in [-0.4, -0.2) is 15.0 Å². The zero-order chi connectivity index (χ0) is 12.3. The number of benzene rings is 1. The molecule has 0 heterocycles. The molecule has 1 aromatic carbocycles. The van der Waals surface area contributed by atoms with E-state index in [1.165, 1.54) is 43.0 Å². The van der Waals surface area contributed by atoms with Gasteiger partial charge in [0.2, 0.25) is 0 Å². The molecule has 0 atom stereocenters. The fourth-order valence-electron chi connectivity index (χ4n) is 1.65. The van der Waals surface area contributed by atoms with Crippen LogP contribution in [0.4, 0.5) is 0 Å². The van der Waals surface area contributed by atoms with Crippen molar-refractivity contribution >= 4 is 19.4 Å². The van der Waals surface area contributed by atoms with Crippen molar-refractivity contribution in [1.82, 2.24) is 0 Å². The summed E-state index contributed by atoms with van der Waals surface area (Å²) in [5.41, 5.74) is 0. The maximum absolute atomic E-state index is 2.51. The van der Waals surface area contributed by atoms with Gasteiger partial charge in [0, 0.05) is 0 Å². The van der Waals surface area contributed by atoms with E-state index in [0.717, 1.165) is 0 Å². The molecule has 0 N–H and O–H groups in total. The van der Waals surface area contributed by atoms with Crippen molar-refractivity contribution in [2.24, 2.45) is 0 Å². The molecule has 0 radical (unpaired) electrons. The Morgan fingerprint density at radius 1 is 1.06 bits per heavy atom. The van der Waals surface area contributed by atoms with Crippen molar-refractivity contribution in [3.8, 4) is 0 Å². The maximum atomic E-state index is 2.51. The Labute approximate surface area is 113 Å². The molecule has 1 heteroatoms. The Balaban J connectivity index is 2.53. The molecule has 17 heavy (non-hydrogen) atoms. The summed E-state index contributed by atoms with van der Waals surface area (Å²) in [5.74, 6) is 0. The van der Waals surface area contributed by atoms with E-state index in [1.807, 2.05) is 0 Å². The van der Waals surface area contributed by atoms with Gasteiger partial charge in [0.25, 0.3) is 0 Å². The van der Waals surface area contributed by atoms with Crippen LogP contribution in [0.25, 0.3) is 0 Å². The van der Waals surface area contributed by atoms with Crippen LogP contribution in [0, 0.1) is 0 Å². The van der Waals surface area contributed by atoms with Gasteiger partial charge in [-0.05, 0) is 0 Å². The molecule has 94 valence electrons. The minimum atomic E-state index is 0.546. The Bertz CT molecular complexity index is 314. The monoisotopic (exact) mass is 296 g/mol. The number of hydrogen-bond donors (Lipinski definition) is 0. The fraction of sp³-hybridized carbons (Fsp3) is 0.500. The fourth-order valence-corrected chi connectivity index (χ4v) is 3.84. The van der Waals surface area contributed by atoms with Crippen LogP contribution < -0.4 is 4.46 Å². The first kappa shape index (κ1) is 14.5. The summed E-state index contributed by atoms with van der Waals surface area (Å²) in [6, 6.07) is 10.9. The van der Waals surface area contributed by atoms with E-state index in [1.54, 1.807) is 4.47 Å². The third-order valence-corrected chi connectivity index (χ3v) is 5.09. The second kappa shape index (κ2) is 9.50. The van der Waals surface area contributed by atoms with Crippen LogP contribution in [0.5, 0.6) is 0 Å². The SMILES string of the molecule is CCCC/C=C(/CCCC)[Se]c1ccccc1. The zero-order valence-electron chi connectivity index (χ0n) is 11.1. The van der Waals surface area contributed by atoms with E-state index in [9.17, 15) is 0 Å². The molecule has 1 rings (SSSR count). The van der Waals surface area contributed by atoms with Crippen LogP contribution in [0.1, 0.15) is 52.4 Å². The van der Waals surface area contributed by atoms with Gasteiger partial charge in [-0.1, -0.05) is 0 Å². The van der Waals surface area contributed by atoms with Gasteiger partial charge in [0.15, 0.2) is 0 Å². The van der Waals surface area contributed by atoms with Crippen molar-refractivity contribution in [1.29, 1.82) is 0 Å². The Morgan fingerprint density at radius 2 is 1.76 bits per heavy atom. The number of hydrogen-bond acceptors (Lipinski definition) is 0. The normalized spacial score (nSPS) is 11.8. The van der Waals surface area contributed by atoms with Gasteiger partial charge in [-0.3, -0.25) is 0 Å². The van der Waals surface area contributed by atoms with E-state index >= 15 is 0 Å². The molecule has 0 fully saturated rings. The van der Waals surface area contributed by atoms with Gasteiger partial charge in [-0.25, -0.2) is 0 Å². The van der Waals surface area contributed by atoms with E-state index in [0.29, 0.717) is 15.0 Å². The molecular formula is C16H24Se. The summed E-state index contributed by atoms with van der Waals surface area (Å²) in [7, 11) is 0. The van der Waals surface area contributed by atoms with Crippen molar-refractivity contribution in [3.05, 3.63) is 40.9 Å². The molecule has 0 unspecified atom stereocenters. The Hall–Kier alpha value is -0.521. The summed E-state index contributed by atoms with van der Waals surface area (Å²) in [6.07, 6.45) is 10.4. The predicted molar refractivity (Wildman–Crippen MR) is 79.0 cm³/mol. The molecule has 0 nitrogen and oxygen atoms in total. The molecule has 0 aliphatic heterocycles. The average Bonchev–Trinajstić information content (AvgIpc) is 2.37. The first-order valence-electron chi connectivity index (χ1n) is 6.78. The van der Waals surface area contributed by atoms with Crippen LogP contribution in [0.3, 0.4) is 0 Å². The summed E-state index contributed by atoms with van der Waals surface area (Å²) in [5, 5.41) is 0. The molecule has 0 amide bonds.